The molecule has 1 aromatic carbocycles. The third-order valence-corrected chi connectivity index (χ3v) is 8.40. The zero-order valence-corrected chi connectivity index (χ0v) is 20.7. The summed E-state index contributed by atoms with van der Waals surface area (Å²) >= 11 is 0. The van der Waals surface area contributed by atoms with Gasteiger partial charge in [0.25, 0.3) is 5.56 Å². The van der Waals surface area contributed by atoms with E-state index in [1.807, 2.05) is 6.92 Å². The van der Waals surface area contributed by atoms with Gasteiger partial charge in [-0.1, -0.05) is 6.92 Å². The number of esters is 1. The Morgan fingerprint density at radius 3 is 2.83 bits per heavy atom. The lowest BCUT2D eigenvalue weighted by Gasteiger charge is -2.31. The Morgan fingerprint density at radius 2 is 2.08 bits per heavy atom. The third kappa shape index (κ3) is 3.07. The van der Waals surface area contributed by atoms with E-state index >= 15 is 0 Å². The number of carbonyl (C=O) groups is 1. The molecule has 2 atom stereocenters. The van der Waals surface area contributed by atoms with Gasteiger partial charge in [-0.3, -0.25) is 4.79 Å². The maximum Gasteiger partial charge on any atom is 0.343 e. The lowest BCUT2D eigenvalue weighted by atomic mass is 9.76. The molecule has 3 aliphatic rings. The average Bonchev–Trinajstić information content (AvgIpc) is 3.24. The number of aryl methyl sites for hydroxylation is 1. The van der Waals surface area contributed by atoms with E-state index in [-0.39, 0.29) is 35.9 Å². The predicted molar refractivity (Wildman–Crippen MR) is 131 cm³/mol. The molecule has 3 aromatic rings. The van der Waals surface area contributed by atoms with Crippen molar-refractivity contribution in [3.05, 3.63) is 61.7 Å². The van der Waals surface area contributed by atoms with Crippen molar-refractivity contribution < 1.29 is 23.8 Å². The quantitative estimate of drug-likeness (QED) is 0.335. The van der Waals surface area contributed by atoms with Crippen molar-refractivity contribution in [2.24, 2.45) is 0 Å². The van der Waals surface area contributed by atoms with Crippen LogP contribution in [0.1, 0.15) is 71.9 Å². The number of aromatic nitrogens is 2. The summed E-state index contributed by atoms with van der Waals surface area (Å²) in [7, 11) is 1.70. The summed E-state index contributed by atoms with van der Waals surface area (Å²) in [6.45, 7) is 4.36. The second-order valence-electron chi connectivity index (χ2n) is 10.2. The Morgan fingerprint density at radius 1 is 1.28 bits per heavy atom. The first kappa shape index (κ1) is 23.3. The highest BCUT2D eigenvalue weighted by Crippen LogP contribution is 2.47. The molecule has 7 nitrogen and oxygen atoms in total. The highest BCUT2D eigenvalue weighted by Gasteiger charge is 2.45. The van der Waals surface area contributed by atoms with Crippen LogP contribution in [0.4, 0.5) is 4.39 Å². The Hall–Kier alpha value is -3.10. The van der Waals surface area contributed by atoms with Gasteiger partial charge in [0, 0.05) is 36.3 Å². The van der Waals surface area contributed by atoms with Crippen molar-refractivity contribution in [3.8, 4) is 11.4 Å². The van der Waals surface area contributed by atoms with Crippen LogP contribution >= 0.6 is 0 Å². The predicted octanol–water partition coefficient (Wildman–Crippen LogP) is 3.98. The van der Waals surface area contributed by atoms with Gasteiger partial charge in [0.15, 0.2) is 5.60 Å². The minimum Gasteiger partial charge on any atom is -0.458 e. The van der Waals surface area contributed by atoms with Crippen LogP contribution in [0.2, 0.25) is 0 Å². The minimum atomic E-state index is -1.88. The standard InChI is InChI=1S/C28H29FN2O5/c1-4-28(34)19-10-22-25-17(12-31(22)26(32)18(19)13-36-27(28)33)23-15(6-5-9-35-3)7-8-16-14(2)20(29)11-21(30-25)24(16)23/h10-11,15,34H,4-9,12-13H2,1-3H3/t15?,28-/m0/s1. The van der Waals surface area contributed by atoms with Crippen LogP contribution in [0.15, 0.2) is 16.9 Å². The van der Waals surface area contributed by atoms with Crippen molar-refractivity contribution in [1.29, 1.82) is 0 Å². The van der Waals surface area contributed by atoms with Gasteiger partial charge in [-0.05, 0) is 67.7 Å². The molecule has 1 N–H and O–H groups in total. The van der Waals surface area contributed by atoms with Crippen LogP contribution in [0.3, 0.4) is 0 Å². The molecule has 6 rings (SSSR count). The summed E-state index contributed by atoms with van der Waals surface area (Å²) in [4.78, 5) is 31.0. The number of hydrogen-bond donors (Lipinski definition) is 1. The third-order valence-electron chi connectivity index (χ3n) is 8.40. The fourth-order valence-corrected chi connectivity index (χ4v) is 6.41. The maximum atomic E-state index is 14.9. The molecule has 0 amide bonds. The van der Waals surface area contributed by atoms with Gasteiger partial charge in [0.05, 0.1) is 29.0 Å². The molecule has 0 saturated heterocycles. The molecule has 188 valence electrons. The molecule has 8 heteroatoms. The Bertz CT molecular complexity index is 1510. The van der Waals surface area contributed by atoms with Crippen LogP contribution in [0.25, 0.3) is 22.3 Å². The lowest BCUT2D eigenvalue weighted by Crippen LogP contribution is -2.44. The molecule has 0 fully saturated rings. The van der Waals surface area contributed by atoms with Crippen LogP contribution in [0.5, 0.6) is 0 Å². The van der Waals surface area contributed by atoms with Gasteiger partial charge in [-0.15, -0.1) is 0 Å². The van der Waals surface area contributed by atoms with Crippen LogP contribution in [0, 0.1) is 12.7 Å². The van der Waals surface area contributed by atoms with Crippen molar-refractivity contribution in [3.63, 3.8) is 0 Å². The smallest absolute Gasteiger partial charge is 0.343 e. The van der Waals surface area contributed by atoms with E-state index < -0.39 is 11.6 Å². The summed E-state index contributed by atoms with van der Waals surface area (Å²) < 4.78 is 27.1. The summed E-state index contributed by atoms with van der Waals surface area (Å²) in [6.07, 6.45) is 3.59. The maximum absolute atomic E-state index is 14.9. The van der Waals surface area contributed by atoms with Crippen molar-refractivity contribution >= 4 is 16.9 Å². The van der Waals surface area contributed by atoms with Gasteiger partial charge in [0.2, 0.25) is 0 Å². The van der Waals surface area contributed by atoms with Gasteiger partial charge < -0.3 is 19.1 Å². The van der Waals surface area contributed by atoms with Gasteiger partial charge in [-0.2, -0.15) is 0 Å². The van der Waals surface area contributed by atoms with E-state index in [4.69, 9.17) is 14.5 Å². The number of ether oxygens (including phenoxy) is 2. The fourth-order valence-electron chi connectivity index (χ4n) is 6.41. The normalized spacial score (nSPS) is 21.8. The van der Waals surface area contributed by atoms with E-state index in [0.29, 0.717) is 41.2 Å². The van der Waals surface area contributed by atoms with Crippen molar-refractivity contribution in [2.45, 2.75) is 70.6 Å². The van der Waals surface area contributed by atoms with Crippen molar-refractivity contribution in [2.75, 3.05) is 13.7 Å². The fraction of sp³-hybridized carbons (Fsp3) is 0.464. The second-order valence-corrected chi connectivity index (χ2v) is 10.2. The number of methoxy groups -OCH3 is 1. The molecule has 2 aromatic heterocycles. The van der Waals surface area contributed by atoms with Crippen LogP contribution < -0.4 is 5.56 Å². The number of carbonyl (C=O) groups excluding carboxylic acids is 1. The molecule has 2 aliphatic heterocycles. The van der Waals surface area contributed by atoms with Crippen molar-refractivity contribution in [1.82, 2.24) is 9.55 Å². The van der Waals surface area contributed by atoms with E-state index in [0.717, 1.165) is 47.8 Å². The zero-order chi connectivity index (χ0) is 25.4. The first-order chi connectivity index (χ1) is 17.3. The highest BCUT2D eigenvalue weighted by molar-refractivity contribution is 5.93. The van der Waals surface area contributed by atoms with E-state index in [2.05, 4.69) is 0 Å². The number of halogens is 1. The summed E-state index contributed by atoms with van der Waals surface area (Å²) in [6, 6.07) is 3.21. The number of cyclic esters (lactones) is 1. The molecule has 4 heterocycles. The highest BCUT2D eigenvalue weighted by atomic mass is 19.1. The second kappa shape index (κ2) is 8.21. The number of hydrogen-bond acceptors (Lipinski definition) is 6. The molecule has 0 spiro atoms. The molecule has 1 aliphatic carbocycles. The molecule has 0 radical (unpaired) electrons. The number of benzene rings is 1. The molecular formula is C28H29FN2O5. The Kier molecular flexibility index (Phi) is 5.32. The molecule has 36 heavy (non-hydrogen) atoms. The van der Waals surface area contributed by atoms with Gasteiger partial charge >= 0.3 is 5.97 Å². The topological polar surface area (TPSA) is 90.7 Å². The Balaban J connectivity index is 1.63. The van der Waals surface area contributed by atoms with Gasteiger partial charge in [0.1, 0.15) is 12.4 Å². The monoisotopic (exact) mass is 492 g/mol. The number of nitrogens with zero attached hydrogens (tertiary/aromatic N) is 2. The number of fused-ring (bicyclic) bond motifs is 5. The number of pyridine rings is 2. The average molecular weight is 493 g/mol. The van der Waals surface area contributed by atoms with Crippen LogP contribution in [-0.4, -0.2) is 34.3 Å². The summed E-state index contributed by atoms with van der Waals surface area (Å²) in [5.74, 6) is -0.784. The molecule has 1 unspecified atom stereocenters. The van der Waals surface area contributed by atoms with Crippen LogP contribution in [-0.2, 0) is 39.4 Å². The molecular weight excluding hydrogens is 463 g/mol. The first-order valence-corrected chi connectivity index (χ1v) is 12.6. The van der Waals surface area contributed by atoms with E-state index in [9.17, 15) is 19.1 Å². The minimum absolute atomic E-state index is 0.0837. The Labute approximate surface area is 207 Å². The SMILES string of the molecule is CC[C@@]1(O)C(=O)OCc2c1cc1n(c2=O)Cc2c-1nc1cc(F)c(C)c3c1c2C(CCCOC)CC3. The lowest BCUT2D eigenvalue weighted by molar-refractivity contribution is -0.172. The number of aliphatic hydroxyl groups is 1. The van der Waals surface area contributed by atoms with Gasteiger partial charge in [-0.25, -0.2) is 14.2 Å². The summed E-state index contributed by atoms with van der Waals surface area (Å²) in [5.41, 5.74) is 3.97. The summed E-state index contributed by atoms with van der Waals surface area (Å²) in [5, 5.41) is 12.2. The van der Waals surface area contributed by atoms with E-state index in [1.54, 1.807) is 24.7 Å². The zero-order valence-electron chi connectivity index (χ0n) is 20.7. The first-order valence-electron chi connectivity index (χ1n) is 12.6. The molecule has 0 bridgehead atoms. The largest absolute Gasteiger partial charge is 0.458 e. The number of rotatable bonds is 5. The molecule has 0 saturated carbocycles. The van der Waals surface area contributed by atoms with E-state index in [1.165, 1.54) is 6.07 Å².